The predicted molar refractivity (Wildman–Crippen MR) is 127 cm³/mol. The van der Waals surface area contributed by atoms with Gasteiger partial charge in [0.15, 0.2) is 0 Å². The second kappa shape index (κ2) is 12.3. The molecule has 1 heterocycles. The largest absolute Gasteiger partial charge is 0.508 e. The zero-order valence-corrected chi connectivity index (χ0v) is 19.3. The van der Waals surface area contributed by atoms with Gasteiger partial charge in [-0.3, -0.25) is 9.59 Å². The fourth-order valence-corrected chi connectivity index (χ4v) is 4.70. The fourth-order valence-electron chi connectivity index (χ4n) is 4.70. The number of hydrogen-bond acceptors (Lipinski definition) is 4. The van der Waals surface area contributed by atoms with E-state index in [1.165, 1.54) is 0 Å². The summed E-state index contributed by atoms with van der Waals surface area (Å²) in [4.78, 5) is 26.3. The normalized spacial score (nSPS) is 21.2. The second-order valence-electron chi connectivity index (χ2n) is 8.91. The van der Waals surface area contributed by atoms with E-state index in [0.29, 0.717) is 12.8 Å². The number of amides is 1. The summed E-state index contributed by atoms with van der Waals surface area (Å²) >= 11 is 0. The molecule has 1 aliphatic rings. The van der Waals surface area contributed by atoms with E-state index in [0.717, 1.165) is 30.6 Å². The number of rotatable bonds is 8. The van der Waals surface area contributed by atoms with Crippen LogP contribution in [-0.4, -0.2) is 64.6 Å². The number of nitrogens with zero attached hydrogens (tertiary/aromatic N) is 1. The van der Waals surface area contributed by atoms with E-state index in [-0.39, 0.29) is 46.4 Å². The van der Waals surface area contributed by atoms with Crippen LogP contribution in [-0.2, 0) is 21.4 Å². The van der Waals surface area contributed by atoms with Gasteiger partial charge in [-0.15, -0.1) is 0 Å². The highest BCUT2D eigenvalue weighted by molar-refractivity contribution is 5.83. The summed E-state index contributed by atoms with van der Waals surface area (Å²) in [6.45, 7) is 3.62. The summed E-state index contributed by atoms with van der Waals surface area (Å²) < 4.78 is 0. The lowest BCUT2D eigenvalue weighted by molar-refractivity contribution is -0.138. The molecule has 1 amide bonds. The van der Waals surface area contributed by atoms with Gasteiger partial charge in [-0.2, -0.15) is 0 Å². The van der Waals surface area contributed by atoms with Crippen LogP contribution in [0, 0.1) is 11.8 Å². The van der Waals surface area contributed by atoms with Crippen LogP contribution in [0.15, 0.2) is 54.6 Å². The average molecular weight is 461 g/mol. The molecule has 0 bridgehead atoms. The molecule has 1 saturated heterocycles. The molecule has 1 aliphatic heterocycles. The Kier molecular flexibility index (Phi) is 10.5. The smallest absolute Gasteiger partial charge is 0.322 e. The van der Waals surface area contributed by atoms with E-state index in [1.54, 1.807) is 6.07 Å². The highest BCUT2D eigenvalue weighted by atomic mass is 16.4. The second-order valence-corrected chi connectivity index (χ2v) is 8.91. The Morgan fingerprint density at radius 3 is 2.48 bits per heavy atom. The molecule has 0 radical (unpaired) electrons. The molecule has 2 aromatic rings. The van der Waals surface area contributed by atoms with Crippen molar-refractivity contribution in [2.75, 3.05) is 26.7 Å². The Labute approximate surface area is 194 Å². The van der Waals surface area contributed by atoms with E-state index in [1.807, 2.05) is 42.5 Å². The van der Waals surface area contributed by atoms with E-state index in [9.17, 15) is 14.7 Å². The summed E-state index contributed by atoms with van der Waals surface area (Å²) in [7, 11) is 2.09. The lowest BCUT2D eigenvalue weighted by Crippen LogP contribution is -2.49. The average Bonchev–Trinajstić information content (AvgIpc) is 2.75. The van der Waals surface area contributed by atoms with Crippen LogP contribution in [0.5, 0.6) is 5.75 Å². The number of nitrogens with one attached hydrogen (secondary N) is 1. The molecule has 0 saturated carbocycles. The van der Waals surface area contributed by atoms with Crippen LogP contribution in [0.1, 0.15) is 30.9 Å². The van der Waals surface area contributed by atoms with Gasteiger partial charge in [-0.25, -0.2) is 0 Å². The molecule has 3 rings (SSSR count). The van der Waals surface area contributed by atoms with Gasteiger partial charge >= 0.3 is 5.97 Å². The van der Waals surface area contributed by atoms with Crippen molar-refractivity contribution in [3.8, 4) is 5.75 Å². The first-order valence-corrected chi connectivity index (χ1v) is 10.8. The number of piperidine rings is 1. The molecule has 1 fully saturated rings. The summed E-state index contributed by atoms with van der Waals surface area (Å²) in [6.07, 6.45) is 2.12. The van der Waals surface area contributed by atoms with Gasteiger partial charge in [0.1, 0.15) is 12.3 Å². The molecule has 2 aromatic carbocycles. The number of aromatic hydroxyl groups is 1. The van der Waals surface area contributed by atoms with Crippen molar-refractivity contribution in [2.24, 2.45) is 11.8 Å². The Morgan fingerprint density at radius 2 is 1.85 bits per heavy atom. The van der Waals surface area contributed by atoms with E-state index in [4.69, 9.17) is 5.11 Å². The molecule has 0 aliphatic carbocycles. The molecule has 8 nitrogen and oxygen atoms in total. The number of phenolic OH excluding ortho intramolecular Hbond substituents is 1. The van der Waals surface area contributed by atoms with Crippen molar-refractivity contribution >= 4 is 11.9 Å². The molecule has 3 atom stereocenters. The van der Waals surface area contributed by atoms with Crippen LogP contribution in [0.4, 0.5) is 0 Å². The lowest BCUT2D eigenvalue weighted by atomic mass is 9.64. The summed E-state index contributed by atoms with van der Waals surface area (Å²) in [6, 6.07) is 17.3. The third kappa shape index (κ3) is 7.28. The van der Waals surface area contributed by atoms with Crippen LogP contribution >= 0.6 is 0 Å². The van der Waals surface area contributed by atoms with Gasteiger partial charge in [0, 0.05) is 12.5 Å². The predicted octanol–water partition coefficient (Wildman–Crippen LogP) is 1.40. The minimum Gasteiger partial charge on any atom is -0.508 e. The Bertz CT molecular complexity index is 907. The first kappa shape index (κ1) is 28.1. The summed E-state index contributed by atoms with van der Waals surface area (Å²) in [5.41, 5.74) is 1.95. The third-order valence-corrected chi connectivity index (χ3v) is 6.63. The van der Waals surface area contributed by atoms with Crippen molar-refractivity contribution in [3.63, 3.8) is 0 Å². The quantitative estimate of drug-likeness (QED) is 0.543. The summed E-state index contributed by atoms with van der Waals surface area (Å²) in [5.74, 6) is -1.18. The van der Waals surface area contributed by atoms with Crippen molar-refractivity contribution in [1.82, 2.24) is 10.2 Å². The number of likely N-dealkylation sites (tertiary alicyclic amines) is 1. The maximum atomic E-state index is 13.0. The Morgan fingerprint density at radius 1 is 1.15 bits per heavy atom. The highest BCUT2D eigenvalue weighted by Gasteiger charge is 2.41. The minimum absolute atomic E-state index is 0. The van der Waals surface area contributed by atoms with Crippen LogP contribution in [0.25, 0.3) is 0 Å². The number of carbonyl (C=O) groups is 2. The van der Waals surface area contributed by atoms with Gasteiger partial charge in [0.25, 0.3) is 0 Å². The zero-order chi connectivity index (χ0) is 22.4. The van der Waals surface area contributed by atoms with Gasteiger partial charge in [-0.1, -0.05) is 49.4 Å². The number of aliphatic carboxylic acids is 1. The molecular weight excluding hydrogens is 424 g/mol. The molecule has 182 valence electrons. The lowest BCUT2D eigenvalue weighted by Gasteiger charge is -2.46. The molecule has 3 unspecified atom stereocenters. The van der Waals surface area contributed by atoms with Gasteiger partial charge < -0.3 is 31.4 Å². The van der Waals surface area contributed by atoms with Crippen LogP contribution in [0.2, 0.25) is 0 Å². The number of benzene rings is 2. The van der Waals surface area contributed by atoms with Crippen molar-refractivity contribution in [3.05, 3.63) is 65.7 Å². The van der Waals surface area contributed by atoms with Gasteiger partial charge in [0.2, 0.25) is 5.91 Å². The van der Waals surface area contributed by atoms with E-state index >= 15 is 0 Å². The highest BCUT2D eigenvalue weighted by Crippen LogP contribution is 2.43. The maximum Gasteiger partial charge on any atom is 0.322 e. The third-order valence-electron chi connectivity index (χ3n) is 6.63. The number of phenols is 1. The molecule has 0 aromatic heterocycles. The van der Waals surface area contributed by atoms with Gasteiger partial charge in [-0.05, 0) is 67.4 Å². The van der Waals surface area contributed by atoms with Crippen LogP contribution in [0.3, 0.4) is 0 Å². The number of carboxylic acids is 1. The number of carbonyl (C=O) groups excluding carboxylic acids is 1. The molecule has 7 N–H and O–H groups in total. The van der Waals surface area contributed by atoms with Gasteiger partial charge in [0.05, 0.1) is 0 Å². The Balaban J connectivity index is 0.00000272. The first-order valence-electron chi connectivity index (χ1n) is 10.8. The minimum atomic E-state index is -1.05. The molecule has 0 spiro atoms. The van der Waals surface area contributed by atoms with E-state index in [2.05, 4.69) is 30.3 Å². The summed E-state index contributed by atoms with van der Waals surface area (Å²) in [5, 5.41) is 21.6. The van der Waals surface area contributed by atoms with Crippen molar-refractivity contribution in [2.45, 2.75) is 31.6 Å². The van der Waals surface area contributed by atoms with Crippen LogP contribution < -0.4 is 5.32 Å². The Hall–Kier alpha value is -2.94. The molecule has 33 heavy (non-hydrogen) atoms. The molecule has 8 heteroatoms. The SMILES string of the molecule is CN1CCC(C)(c2cccc(O)c2)C(CC(Cc2ccccc2)C(=O)NCC(=O)O)C1.O.O. The first-order chi connectivity index (χ1) is 14.8. The number of hydrogen-bond donors (Lipinski definition) is 3. The zero-order valence-electron chi connectivity index (χ0n) is 19.3. The standard InChI is InChI=1S/C25H32N2O4.2H2O/c1-25(20-9-6-10-22(28)15-20)11-12-27(2)17-21(25)14-19(24(31)26-16-23(29)30)13-18-7-4-3-5-8-18;;/h3-10,15,19,21,28H,11-14,16-17H2,1-2H3,(H,26,31)(H,29,30);2*1H2. The maximum absolute atomic E-state index is 13.0. The topological polar surface area (TPSA) is 153 Å². The fraction of sp³-hybridized carbons (Fsp3) is 0.440. The monoisotopic (exact) mass is 460 g/mol. The van der Waals surface area contributed by atoms with Crippen molar-refractivity contribution < 1.29 is 30.8 Å². The molecular formula is C25H36N2O6. The van der Waals surface area contributed by atoms with Crippen molar-refractivity contribution in [1.29, 1.82) is 0 Å². The van der Waals surface area contributed by atoms with E-state index < -0.39 is 5.97 Å². The number of carboxylic acid groups (broad SMARTS) is 1.